The average Bonchev–Trinajstić information content (AvgIpc) is 3.65. The Kier molecular flexibility index (Phi) is 8.59. The van der Waals surface area contributed by atoms with Crippen LogP contribution in [0.5, 0.6) is 0 Å². The Bertz CT molecular complexity index is 4010. The lowest BCUT2D eigenvalue weighted by Gasteiger charge is -2.22. The first-order valence-electron chi connectivity index (χ1n) is 23.7. The molecule has 1 aliphatic carbocycles. The van der Waals surface area contributed by atoms with Gasteiger partial charge in [-0.15, -0.1) is 0 Å². The van der Waals surface area contributed by atoms with Crippen LogP contribution in [0.15, 0.2) is 219 Å². The zero-order chi connectivity index (χ0) is 45.8. The van der Waals surface area contributed by atoms with E-state index in [0.29, 0.717) is 0 Å². The molecule has 14 rings (SSSR count). The molecule has 1 aliphatic rings. The van der Waals surface area contributed by atoms with Gasteiger partial charge in [-0.3, -0.25) is 9.97 Å². The maximum Gasteiger partial charge on any atom is 0.0979 e. The van der Waals surface area contributed by atoms with Crippen molar-refractivity contribution >= 4 is 65.2 Å². The monoisotopic (exact) mass is 878 g/mol. The summed E-state index contributed by atoms with van der Waals surface area (Å²) in [4.78, 5) is 21.0. The summed E-state index contributed by atoms with van der Waals surface area (Å²) in [6.45, 7) is 4.70. The molecule has 0 fully saturated rings. The highest BCUT2D eigenvalue weighted by molar-refractivity contribution is 6.24. The van der Waals surface area contributed by atoms with E-state index in [0.717, 1.165) is 93.9 Å². The summed E-state index contributed by atoms with van der Waals surface area (Å²) in [6, 6.07) is 74.5. The first-order valence-corrected chi connectivity index (χ1v) is 23.7. The van der Waals surface area contributed by atoms with Crippen LogP contribution in [0.1, 0.15) is 25.0 Å². The number of aromatic nitrogens is 4. The van der Waals surface area contributed by atoms with Gasteiger partial charge >= 0.3 is 0 Å². The molecule has 0 radical (unpaired) electrons. The molecule has 0 N–H and O–H groups in total. The molecule has 69 heavy (non-hydrogen) atoms. The molecule has 0 aliphatic heterocycles. The van der Waals surface area contributed by atoms with Gasteiger partial charge in [-0.25, -0.2) is 9.97 Å². The Morgan fingerprint density at radius 1 is 0.275 bits per heavy atom. The van der Waals surface area contributed by atoms with Crippen molar-refractivity contribution in [2.75, 3.05) is 0 Å². The second kappa shape index (κ2) is 15.1. The van der Waals surface area contributed by atoms with Crippen LogP contribution in [0.3, 0.4) is 0 Å². The molecule has 0 bridgehead atoms. The molecule has 4 heteroatoms. The van der Waals surface area contributed by atoms with Crippen molar-refractivity contribution in [2.45, 2.75) is 19.3 Å². The van der Waals surface area contributed by atoms with E-state index in [1.165, 1.54) is 49.4 Å². The first-order chi connectivity index (χ1) is 33.9. The van der Waals surface area contributed by atoms with Crippen LogP contribution >= 0.6 is 0 Å². The van der Waals surface area contributed by atoms with E-state index < -0.39 is 0 Å². The molecule has 4 nitrogen and oxygen atoms in total. The van der Waals surface area contributed by atoms with Crippen LogP contribution in [0.25, 0.3) is 132 Å². The van der Waals surface area contributed by atoms with Gasteiger partial charge in [0.1, 0.15) is 0 Å². The normalized spacial score (nSPS) is 12.9. The number of rotatable bonds is 5. The smallest absolute Gasteiger partial charge is 0.0979 e. The zero-order valence-electron chi connectivity index (χ0n) is 38.1. The van der Waals surface area contributed by atoms with Gasteiger partial charge in [-0.2, -0.15) is 0 Å². The first kappa shape index (κ1) is 39.3. The summed E-state index contributed by atoms with van der Waals surface area (Å²) in [7, 11) is 0. The minimum Gasteiger partial charge on any atom is -0.252 e. The van der Waals surface area contributed by atoms with Crippen LogP contribution in [-0.4, -0.2) is 19.9 Å². The Balaban J connectivity index is 0.923. The largest absolute Gasteiger partial charge is 0.252 e. The third kappa shape index (κ3) is 6.15. The molecule has 0 saturated carbocycles. The van der Waals surface area contributed by atoms with E-state index >= 15 is 0 Å². The third-order valence-electron chi connectivity index (χ3n) is 14.7. The molecule has 0 saturated heterocycles. The predicted molar refractivity (Wildman–Crippen MR) is 287 cm³/mol. The number of hydrogen-bond donors (Lipinski definition) is 0. The summed E-state index contributed by atoms with van der Waals surface area (Å²) in [5, 5.41) is 9.18. The van der Waals surface area contributed by atoms with Crippen molar-refractivity contribution in [2.24, 2.45) is 0 Å². The molecular formula is C65H42N4. The Morgan fingerprint density at radius 2 is 0.638 bits per heavy atom. The van der Waals surface area contributed by atoms with Gasteiger partial charge in [0, 0.05) is 38.1 Å². The van der Waals surface area contributed by atoms with Crippen molar-refractivity contribution in [1.82, 2.24) is 19.9 Å². The van der Waals surface area contributed by atoms with Crippen LogP contribution in [0.2, 0.25) is 0 Å². The van der Waals surface area contributed by atoms with Gasteiger partial charge in [-0.1, -0.05) is 184 Å². The van der Waals surface area contributed by atoms with E-state index in [1.807, 2.05) is 12.4 Å². The minimum absolute atomic E-state index is 0.123. The van der Waals surface area contributed by atoms with Crippen LogP contribution in [-0.2, 0) is 5.41 Å². The van der Waals surface area contributed by atoms with Gasteiger partial charge in [0.25, 0.3) is 0 Å². The summed E-state index contributed by atoms with van der Waals surface area (Å²) < 4.78 is 0. The molecule has 322 valence electrons. The molecule has 0 spiro atoms. The molecule has 0 amide bonds. The second-order valence-electron chi connectivity index (χ2n) is 19.0. The van der Waals surface area contributed by atoms with Gasteiger partial charge in [0.05, 0.1) is 45.8 Å². The fourth-order valence-electron chi connectivity index (χ4n) is 11.3. The summed E-state index contributed by atoms with van der Waals surface area (Å²) in [5.41, 5.74) is 19.4. The Morgan fingerprint density at radius 3 is 1.12 bits per heavy atom. The van der Waals surface area contributed by atoms with E-state index in [2.05, 4.69) is 220 Å². The summed E-state index contributed by atoms with van der Waals surface area (Å²) >= 11 is 0. The predicted octanol–water partition coefficient (Wildman–Crippen LogP) is 16.8. The topological polar surface area (TPSA) is 51.6 Å². The van der Waals surface area contributed by atoms with Crippen LogP contribution < -0.4 is 0 Å². The summed E-state index contributed by atoms with van der Waals surface area (Å²) in [5.74, 6) is 0. The van der Waals surface area contributed by atoms with Crippen LogP contribution in [0.4, 0.5) is 0 Å². The average molecular weight is 879 g/mol. The minimum atomic E-state index is -0.123. The maximum absolute atomic E-state index is 5.37. The Labute approximate surface area is 399 Å². The summed E-state index contributed by atoms with van der Waals surface area (Å²) in [6.07, 6.45) is 3.86. The highest BCUT2D eigenvalue weighted by Gasteiger charge is 2.35. The van der Waals surface area contributed by atoms with E-state index in [4.69, 9.17) is 19.9 Å². The van der Waals surface area contributed by atoms with Gasteiger partial charge in [-0.05, 0) is 114 Å². The SMILES string of the molecule is CC1(C)c2ccccc2-c2ccc(-c3cc(-c4cccc(-c5cnc6c7ccccc7c7ccccc7c6n5)c4)cc(-c4cccc(-c5cnc6c7ccccc7c7ccccc7c6n5)c4)c3)cc21. The Hall–Kier alpha value is -8.86. The quantitative estimate of drug-likeness (QED) is 0.162. The third-order valence-corrected chi connectivity index (χ3v) is 14.7. The number of fused-ring (bicyclic) bond motifs is 15. The standard InChI is InChI=1S/C65H42N4/c1-65(2)57-28-12-11-23-51(57)52-30-29-41(36-58(52)65)46-34-44(39-15-13-17-42(31-39)59-37-66-61-53-24-7-3-19-47(53)49-21-5-9-26-55(49)63(61)68-59)33-45(35-46)40-16-14-18-43(32-40)60-38-67-62-54-25-8-4-20-48(54)50-22-6-10-27-56(50)64(62)69-60/h3-38H,1-2H3. The molecule has 13 aromatic rings. The van der Waals surface area contributed by atoms with Crippen molar-refractivity contribution in [3.8, 4) is 67.0 Å². The fraction of sp³-hybridized carbons (Fsp3) is 0.0462. The van der Waals surface area contributed by atoms with Gasteiger partial charge in [0.2, 0.25) is 0 Å². The van der Waals surface area contributed by atoms with Gasteiger partial charge < -0.3 is 0 Å². The van der Waals surface area contributed by atoms with Crippen molar-refractivity contribution in [1.29, 1.82) is 0 Å². The molecule has 2 heterocycles. The van der Waals surface area contributed by atoms with Gasteiger partial charge in [0.15, 0.2) is 0 Å². The van der Waals surface area contributed by atoms with Crippen molar-refractivity contribution in [3.05, 3.63) is 230 Å². The highest BCUT2D eigenvalue weighted by atomic mass is 14.8. The van der Waals surface area contributed by atoms with Crippen LogP contribution in [0, 0.1) is 0 Å². The molecular weight excluding hydrogens is 837 g/mol. The number of nitrogens with zero attached hydrogens (tertiary/aromatic N) is 4. The fourth-order valence-corrected chi connectivity index (χ4v) is 11.3. The van der Waals surface area contributed by atoms with E-state index in [1.54, 1.807) is 0 Å². The lowest BCUT2D eigenvalue weighted by Crippen LogP contribution is -2.14. The lowest BCUT2D eigenvalue weighted by atomic mass is 9.81. The molecule has 0 atom stereocenters. The van der Waals surface area contributed by atoms with E-state index in [9.17, 15) is 0 Å². The zero-order valence-corrected chi connectivity index (χ0v) is 38.1. The second-order valence-corrected chi connectivity index (χ2v) is 19.0. The lowest BCUT2D eigenvalue weighted by molar-refractivity contribution is 0.660. The number of benzene rings is 11. The highest BCUT2D eigenvalue weighted by Crippen LogP contribution is 2.50. The van der Waals surface area contributed by atoms with Crippen molar-refractivity contribution in [3.63, 3.8) is 0 Å². The van der Waals surface area contributed by atoms with Crippen molar-refractivity contribution < 1.29 is 0 Å². The molecule has 11 aromatic carbocycles. The molecule has 0 unspecified atom stereocenters. The molecule has 2 aromatic heterocycles. The van der Waals surface area contributed by atoms with E-state index in [-0.39, 0.29) is 5.41 Å². The maximum atomic E-state index is 5.37. The number of hydrogen-bond acceptors (Lipinski definition) is 4.